The lowest BCUT2D eigenvalue weighted by atomic mass is 10.2. The lowest BCUT2D eigenvalue weighted by molar-refractivity contribution is 0.0902. The van der Waals surface area contributed by atoms with Gasteiger partial charge in [0.25, 0.3) is 0 Å². The summed E-state index contributed by atoms with van der Waals surface area (Å²) in [6.45, 7) is 1.86. The van der Waals surface area contributed by atoms with Crippen LogP contribution in [0.15, 0.2) is 42.5 Å². The third-order valence-corrected chi connectivity index (χ3v) is 3.58. The molecule has 1 heterocycles. The number of fused-ring (bicyclic) bond motifs is 1. The molecule has 2 aromatic rings. The van der Waals surface area contributed by atoms with Gasteiger partial charge in [-0.2, -0.15) is 0 Å². The molecule has 21 heavy (non-hydrogen) atoms. The van der Waals surface area contributed by atoms with E-state index >= 15 is 0 Å². The molecular formula is C16H16ClNO3. The van der Waals surface area contributed by atoms with Crippen molar-refractivity contribution in [1.82, 2.24) is 5.32 Å². The van der Waals surface area contributed by atoms with Gasteiger partial charge >= 0.3 is 0 Å². The maximum Gasteiger partial charge on any atom is 0.161 e. The second-order valence-corrected chi connectivity index (χ2v) is 5.32. The van der Waals surface area contributed by atoms with Crippen LogP contribution < -0.4 is 14.8 Å². The van der Waals surface area contributed by atoms with Crippen LogP contribution in [0.4, 0.5) is 0 Å². The minimum atomic E-state index is -0.0208. The van der Waals surface area contributed by atoms with Crippen LogP contribution in [0.1, 0.15) is 5.56 Å². The van der Waals surface area contributed by atoms with E-state index in [1.165, 1.54) is 0 Å². The van der Waals surface area contributed by atoms with Gasteiger partial charge < -0.3 is 19.9 Å². The van der Waals surface area contributed by atoms with E-state index in [9.17, 15) is 5.11 Å². The smallest absolute Gasteiger partial charge is 0.161 e. The first-order chi connectivity index (χ1) is 10.2. The number of hydrogen-bond acceptors (Lipinski definition) is 4. The molecule has 4 nitrogen and oxygen atoms in total. The van der Waals surface area contributed by atoms with Crippen molar-refractivity contribution >= 4 is 11.6 Å². The number of phenols is 1. The van der Waals surface area contributed by atoms with Gasteiger partial charge in [-0.3, -0.25) is 0 Å². The molecule has 1 aliphatic heterocycles. The third-order valence-electron chi connectivity index (χ3n) is 3.28. The number of aromatic hydroxyl groups is 1. The normalized spacial score (nSPS) is 16.7. The number of para-hydroxylation sites is 2. The average Bonchev–Trinajstić information content (AvgIpc) is 2.51. The highest BCUT2D eigenvalue weighted by Gasteiger charge is 2.19. The molecule has 0 fully saturated rings. The van der Waals surface area contributed by atoms with Crippen molar-refractivity contribution in [1.29, 1.82) is 0 Å². The first-order valence-electron chi connectivity index (χ1n) is 6.79. The topological polar surface area (TPSA) is 50.7 Å². The zero-order valence-corrected chi connectivity index (χ0v) is 12.1. The molecule has 5 heteroatoms. The largest absolute Gasteiger partial charge is 0.506 e. The van der Waals surface area contributed by atoms with Gasteiger partial charge in [-0.1, -0.05) is 29.8 Å². The van der Waals surface area contributed by atoms with E-state index in [4.69, 9.17) is 21.1 Å². The van der Waals surface area contributed by atoms with Crippen LogP contribution in [0, 0.1) is 0 Å². The molecule has 2 N–H and O–H groups in total. The minimum absolute atomic E-state index is 0.0208. The Labute approximate surface area is 128 Å². The van der Waals surface area contributed by atoms with Crippen LogP contribution in [0.25, 0.3) is 0 Å². The van der Waals surface area contributed by atoms with Crippen molar-refractivity contribution < 1.29 is 14.6 Å². The summed E-state index contributed by atoms with van der Waals surface area (Å²) >= 11 is 5.88. The van der Waals surface area contributed by atoms with Gasteiger partial charge in [-0.25, -0.2) is 0 Å². The van der Waals surface area contributed by atoms with E-state index in [1.807, 2.05) is 30.3 Å². The molecule has 0 spiro atoms. The number of phenolic OH excluding ortho intramolecular Hbond substituents is 1. The number of hydrogen-bond donors (Lipinski definition) is 2. The van der Waals surface area contributed by atoms with Gasteiger partial charge in [0.15, 0.2) is 11.5 Å². The Morgan fingerprint density at radius 2 is 2.00 bits per heavy atom. The van der Waals surface area contributed by atoms with Crippen molar-refractivity contribution in [3.05, 3.63) is 53.1 Å². The SMILES string of the molecule is Oc1ccc(CNCC2COc3ccccc3O2)cc1Cl. The Morgan fingerprint density at radius 3 is 2.81 bits per heavy atom. The van der Waals surface area contributed by atoms with E-state index in [1.54, 1.807) is 12.1 Å². The Hall–Kier alpha value is -1.91. The highest BCUT2D eigenvalue weighted by Crippen LogP contribution is 2.30. The fourth-order valence-electron chi connectivity index (χ4n) is 2.20. The van der Waals surface area contributed by atoms with Gasteiger partial charge in [0.2, 0.25) is 0 Å². The first kappa shape index (κ1) is 14.0. The molecule has 0 amide bonds. The Bertz CT molecular complexity index is 633. The highest BCUT2D eigenvalue weighted by molar-refractivity contribution is 6.32. The van der Waals surface area contributed by atoms with E-state index in [0.29, 0.717) is 24.7 Å². The van der Waals surface area contributed by atoms with Crippen molar-refractivity contribution in [2.45, 2.75) is 12.6 Å². The molecule has 0 aliphatic carbocycles. The van der Waals surface area contributed by atoms with Crippen LogP contribution in [0.2, 0.25) is 5.02 Å². The summed E-state index contributed by atoms with van der Waals surface area (Å²) in [7, 11) is 0. The zero-order valence-electron chi connectivity index (χ0n) is 11.4. The number of halogens is 1. The predicted molar refractivity (Wildman–Crippen MR) is 81.2 cm³/mol. The summed E-state index contributed by atoms with van der Waals surface area (Å²) in [5.41, 5.74) is 1.01. The number of ether oxygens (including phenoxy) is 2. The molecule has 0 saturated carbocycles. The van der Waals surface area contributed by atoms with Gasteiger partial charge in [0.1, 0.15) is 18.5 Å². The average molecular weight is 306 g/mol. The molecule has 1 unspecified atom stereocenters. The molecule has 2 aromatic carbocycles. The highest BCUT2D eigenvalue weighted by atomic mass is 35.5. The summed E-state index contributed by atoms with van der Waals surface area (Å²) < 4.78 is 11.5. The van der Waals surface area contributed by atoms with Gasteiger partial charge in [0, 0.05) is 13.1 Å². The Morgan fingerprint density at radius 1 is 1.19 bits per heavy atom. The van der Waals surface area contributed by atoms with E-state index in [-0.39, 0.29) is 11.9 Å². The monoisotopic (exact) mass is 305 g/mol. The maximum atomic E-state index is 9.38. The van der Waals surface area contributed by atoms with Crippen LogP contribution in [0.5, 0.6) is 17.2 Å². The van der Waals surface area contributed by atoms with Gasteiger partial charge in [-0.05, 0) is 29.8 Å². The maximum absolute atomic E-state index is 9.38. The standard InChI is InChI=1S/C16H16ClNO3/c17-13-7-11(5-6-14(13)19)8-18-9-12-10-20-15-3-1-2-4-16(15)21-12/h1-7,12,18-19H,8-10H2. The number of benzene rings is 2. The third kappa shape index (κ3) is 3.40. The van der Waals surface area contributed by atoms with Gasteiger partial charge in [-0.15, -0.1) is 0 Å². The molecule has 1 atom stereocenters. The predicted octanol–water partition coefficient (Wildman–Crippen LogP) is 2.98. The van der Waals surface area contributed by atoms with Crippen molar-refractivity contribution in [2.75, 3.05) is 13.2 Å². The summed E-state index contributed by atoms with van der Waals surface area (Å²) in [4.78, 5) is 0. The zero-order chi connectivity index (χ0) is 14.7. The van der Waals surface area contributed by atoms with Crippen LogP contribution in [-0.2, 0) is 6.54 Å². The summed E-state index contributed by atoms with van der Waals surface area (Å²) in [6.07, 6.45) is -0.0208. The van der Waals surface area contributed by atoms with E-state index < -0.39 is 0 Å². The molecule has 110 valence electrons. The molecular weight excluding hydrogens is 290 g/mol. The molecule has 0 aromatic heterocycles. The second-order valence-electron chi connectivity index (χ2n) is 4.91. The van der Waals surface area contributed by atoms with Crippen LogP contribution in [-0.4, -0.2) is 24.4 Å². The lowest BCUT2D eigenvalue weighted by Crippen LogP contribution is -2.38. The molecule has 0 saturated heterocycles. The quantitative estimate of drug-likeness (QED) is 0.912. The second kappa shape index (κ2) is 6.24. The fraction of sp³-hybridized carbons (Fsp3) is 0.250. The minimum Gasteiger partial charge on any atom is -0.506 e. The number of rotatable bonds is 4. The van der Waals surface area contributed by atoms with Gasteiger partial charge in [0.05, 0.1) is 5.02 Å². The Balaban J connectivity index is 1.51. The van der Waals surface area contributed by atoms with Crippen molar-refractivity contribution in [3.63, 3.8) is 0 Å². The summed E-state index contributed by atoms with van der Waals surface area (Å²) in [6, 6.07) is 12.8. The fourth-order valence-corrected chi connectivity index (χ4v) is 2.40. The van der Waals surface area contributed by atoms with Crippen LogP contribution >= 0.6 is 11.6 Å². The first-order valence-corrected chi connectivity index (χ1v) is 7.17. The van der Waals surface area contributed by atoms with Crippen molar-refractivity contribution in [2.24, 2.45) is 0 Å². The Kier molecular flexibility index (Phi) is 4.18. The molecule has 0 radical (unpaired) electrons. The van der Waals surface area contributed by atoms with E-state index in [2.05, 4.69) is 5.32 Å². The molecule has 1 aliphatic rings. The van der Waals surface area contributed by atoms with Crippen molar-refractivity contribution in [3.8, 4) is 17.2 Å². The number of nitrogens with one attached hydrogen (secondary N) is 1. The molecule has 3 rings (SSSR count). The lowest BCUT2D eigenvalue weighted by Gasteiger charge is -2.26. The summed E-state index contributed by atoms with van der Waals surface area (Å²) in [5.74, 6) is 1.67. The molecule has 0 bridgehead atoms. The summed E-state index contributed by atoms with van der Waals surface area (Å²) in [5, 5.41) is 13.0. The van der Waals surface area contributed by atoms with E-state index in [0.717, 1.165) is 17.1 Å². The van der Waals surface area contributed by atoms with Crippen LogP contribution in [0.3, 0.4) is 0 Å².